The molecule has 0 bridgehead atoms. The van der Waals surface area contributed by atoms with E-state index in [1.807, 2.05) is 24.3 Å². The summed E-state index contributed by atoms with van der Waals surface area (Å²) in [7, 11) is 3.27. The van der Waals surface area contributed by atoms with Gasteiger partial charge in [-0.05, 0) is 6.07 Å². The van der Waals surface area contributed by atoms with Crippen molar-refractivity contribution in [3.05, 3.63) is 41.8 Å². The molecule has 2 rings (SSSR count). The molecular formula is C13H16N2O3. The fourth-order valence-electron chi connectivity index (χ4n) is 1.75. The van der Waals surface area contributed by atoms with Gasteiger partial charge in [-0.25, -0.2) is 0 Å². The summed E-state index contributed by atoms with van der Waals surface area (Å²) >= 11 is 0. The number of para-hydroxylation sites is 1. The largest absolute Gasteiger partial charge is 0.493 e. The van der Waals surface area contributed by atoms with E-state index in [0.717, 1.165) is 22.8 Å². The van der Waals surface area contributed by atoms with Gasteiger partial charge < -0.3 is 19.3 Å². The van der Waals surface area contributed by atoms with E-state index in [-0.39, 0.29) is 0 Å². The fraction of sp³-hybridized carbons (Fsp3) is 0.308. The van der Waals surface area contributed by atoms with Crippen molar-refractivity contribution in [2.24, 2.45) is 0 Å². The van der Waals surface area contributed by atoms with Gasteiger partial charge in [-0.2, -0.15) is 0 Å². The lowest BCUT2D eigenvalue weighted by Gasteiger charge is -2.12. The normalized spacial score (nSPS) is 10.3. The molecule has 1 aromatic heterocycles. The molecule has 5 heteroatoms. The van der Waals surface area contributed by atoms with Crippen molar-refractivity contribution in [3.63, 3.8) is 0 Å². The number of rotatable bonds is 6. The molecule has 18 heavy (non-hydrogen) atoms. The van der Waals surface area contributed by atoms with Gasteiger partial charge >= 0.3 is 0 Å². The molecule has 0 amide bonds. The summed E-state index contributed by atoms with van der Waals surface area (Å²) in [5, 5.41) is 6.91. The predicted octanol–water partition coefficient (Wildman–Crippen LogP) is 1.98. The van der Waals surface area contributed by atoms with Gasteiger partial charge in [0.2, 0.25) is 0 Å². The Morgan fingerprint density at radius 2 is 2.06 bits per heavy atom. The number of nitrogens with zero attached hydrogens (tertiary/aromatic N) is 1. The molecule has 1 heterocycles. The van der Waals surface area contributed by atoms with Crippen LogP contribution in [0.15, 0.2) is 35.0 Å². The summed E-state index contributed by atoms with van der Waals surface area (Å²) in [5.74, 6) is 2.29. The Bertz CT molecular complexity index is 483. The van der Waals surface area contributed by atoms with Gasteiger partial charge in [0, 0.05) is 18.2 Å². The average Bonchev–Trinajstić information content (AvgIpc) is 2.91. The molecule has 0 saturated carbocycles. The zero-order valence-corrected chi connectivity index (χ0v) is 10.5. The molecule has 0 radical (unpaired) electrons. The van der Waals surface area contributed by atoms with E-state index in [1.54, 1.807) is 20.4 Å². The number of methoxy groups -OCH3 is 2. The third kappa shape index (κ3) is 2.81. The summed E-state index contributed by atoms with van der Waals surface area (Å²) in [6.07, 6.45) is 1.63. The number of ether oxygens (including phenoxy) is 2. The molecule has 1 N–H and O–H groups in total. The second-order valence-electron chi connectivity index (χ2n) is 3.73. The van der Waals surface area contributed by atoms with Gasteiger partial charge in [0.25, 0.3) is 0 Å². The van der Waals surface area contributed by atoms with E-state index in [9.17, 15) is 0 Å². The Labute approximate surface area is 106 Å². The minimum absolute atomic E-state index is 0.625. The standard InChI is InChI=1S/C13H16N2O3/c1-16-12-5-3-4-10(13(12)17-2)8-14-9-11-6-7-15-18-11/h3-7,14H,8-9H2,1-2H3. The number of hydrogen-bond donors (Lipinski definition) is 1. The first-order valence-corrected chi connectivity index (χ1v) is 5.65. The van der Waals surface area contributed by atoms with Crippen LogP contribution in [0.1, 0.15) is 11.3 Å². The van der Waals surface area contributed by atoms with Gasteiger partial charge in [0.15, 0.2) is 11.5 Å². The van der Waals surface area contributed by atoms with E-state index in [1.165, 1.54) is 0 Å². The van der Waals surface area contributed by atoms with Crippen molar-refractivity contribution in [1.29, 1.82) is 0 Å². The summed E-state index contributed by atoms with van der Waals surface area (Å²) in [6, 6.07) is 7.64. The quantitative estimate of drug-likeness (QED) is 0.847. The monoisotopic (exact) mass is 248 g/mol. The lowest BCUT2D eigenvalue weighted by Crippen LogP contribution is -2.13. The molecule has 0 aliphatic heterocycles. The Balaban J connectivity index is 2.00. The van der Waals surface area contributed by atoms with Crippen molar-refractivity contribution in [3.8, 4) is 11.5 Å². The topological polar surface area (TPSA) is 56.5 Å². The molecule has 0 atom stereocenters. The highest BCUT2D eigenvalue weighted by molar-refractivity contribution is 5.46. The minimum atomic E-state index is 0.625. The predicted molar refractivity (Wildman–Crippen MR) is 66.6 cm³/mol. The van der Waals surface area contributed by atoms with Crippen LogP contribution >= 0.6 is 0 Å². The Morgan fingerprint density at radius 3 is 2.72 bits per heavy atom. The van der Waals surface area contributed by atoms with Crippen molar-refractivity contribution in [2.75, 3.05) is 14.2 Å². The first-order chi connectivity index (χ1) is 8.85. The van der Waals surface area contributed by atoms with E-state index >= 15 is 0 Å². The van der Waals surface area contributed by atoms with Gasteiger partial charge in [0.1, 0.15) is 5.76 Å². The Morgan fingerprint density at radius 1 is 1.17 bits per heavy atom. The molecule has 0 aliphatic rings. The Kier molecular flexibility index (Phi) is 4.20. The summed E-state index contributed by atoms with van der Waals surface area (Å²) in [5.41, 5.74) is 1.04. The zero-order valence-electron chi connectivity index (χ0n) is 10.5. The van der Waals surface area contributed by atoms with Gasteiger partial charge in [0.05, 0.1) is 27.0 Å². The van der Waals surface area contributed by atoms with Crippen LogP contribution in [0, 0.1) is 0 Å². The van der Waals surface area contributed by atoms with Crippen LogP contribution < -0.4 is 14.8 Å². The van der Waals surface area contributed by atoms with Crippen LogP contribution in [-0.2, 0) is 13.1 Å². The fourth-order valence-corrected chi connectivity index (χ4v) is 1.75. The van der Waals surface area contributed by atoms with Gasteiger partial charge in [-0.15, -0.1) is 0 Å². The number of benzene rings is 1. The molecule has 0 saturated heterocycles. The minimum Gasteiger partial charge on any atom is -0.493 e. The second-order valence-corrected chi connectivity index (χ2v) is 3.73. The van der Waals surface area contributed by atoms with Crippen LogP contribution in [-0.4, -0.2) is 19.4 Å². The molecular weight excluding hydrogens is 232 g/mol. The summed E-state index contributed by atoms with van der Waals surface area (Å²) in [4.78, 5) is 0. The van der Waals surface area contributed by atoms with E-state index in [4.69, 9.17) is 14.0 Å². The highest BCUT2D eigenvalue weighted by atomic mass is 16.5. The lowest BCUT2D eigenvalue weighted by molar-refractivity contribution is 0.349. The van der Waals surface area contributed by atoms with Crippen LogP contribution in [0.5, 0.6) is 11.5 Å². The third-order valence-corrected chi connectivity index (χ3v) is 2.59. The van der Waals surface area contributed by atoms with Crippen LogP contribution in [0.25, 0.3) is 0 Å². The smallest absolute Gasteiger partial charge is 0.165 e. The van der Waals surface area contributed by atoms with Crippen molar-refractivity contribution < 1.29 is 14.0 Å². The highest BCUT2D eigenvalue weighted by Gasteiger charge is 2.08. The van der Waals surface area contributed by atoms with E-state index in [0.29, 0.717) is 13.1 Å². The van der Waals surface area contributed by atoms with Gasteiger partial charge in [-0.1, -0.05) is 17.3 Å². The number of hydrogen-bond acceptors (Lipinski definition) is 5. The molecule has 0 aliphatic carbocycles. The highest BCUT2D eigenvalue weighted by Crippen LogP contribution is 2.30. The SMILES string of the molecule is COc1cccc(CNCc2ccno2)c1OC. The zero-order chi connectivity index (χ0) is 12.8. The third-order valence-electron chi connectivity index (χ3n) is 2.59. The molecule has 96 valence electrons. The molecule has 0 spiro atoms. The lowest BCUT2D eigenvalue weighted by atomic mass is 10.2. The maximum Gasteiger partial charge on any atom is 0.165 e. The van der Waals surface area contributed by atoms with Crippen molar-refractivity contribution >= 4 is 0 Å². The Hall–Kier alpha value is -2.01. The second kappa shape index (κ2) is 6.07. The van der Waals surface area contributed by atoms with Crippen molar-refractivity contribution in [2.45, 2.75) is 13.1 Å². The maximum absolute atomic E-state index is 5.35. The van der Waals surface area contributed by atoms with Crippen LogP contribution in [0.3, 0.4) is 0 Å². The van der Waals surface area contributed by atoms with Gasteiger partial charge in [-0.3, -0.25) is 0 Å². The molecule has 0 fully saturated rings. The first kappa shape index (κ1) is 12.4. The maximum atomic E-state index is 5.35. The molecule has 2 aromatic rings. The average molecular weight is 248 g/mol. The van der Waals surface area contributed by atoms with E-state index in [2.05, 4.69) is 10.5 Å². The van der Waals surface area contributed by atoms with Crippen LogP contribution in [0.4, 0.5) is 0 Å². The summed E-state index contributed by atoms with van der Waals surface area (Å²) in [6.45, 7) is 1.29. The molecule has 0 unspecified atom stereocenters. The number of aromatic nitrogens is 1. The van der Waals surface area contributed by atoms with Crippen LogP contribution in [0.2, 0.25) is 0 Å². The first-order valence-electron chi connectivity index (χ1n) is 5.65. The molecule has 1 aromatic carbocycles. The summed E-state index contributed by atoms with van der Waals surface area (Å²) < 4.78 is 15.6. The van der Waals surface area contributed by atoms with E-state index < -0.39 is 0 Å². The van der Waals surface area contributed by atoms with Crippen molar-refractivity contribution in [1.82, 2.24) is 10.5 Å². The molecule has 5 nitrogen and oxygen atoms in total. The number of nitrogens with one attached hydrogen (secondary N) is 1.